The van der Waals surface area contributed by atoms with Crippen molar-refractivity contribution >= 4 is 0 Å². The van der Waals surface area contributed by atoms with Gasteiger partial charge in [-0.15, -0.1) is 0 Å². The van der Waals surface area contributed by atoms with Gasteiger partial charge in [0.2, 0.25) is 5.89 Å². The molecule has 20 heavy (non-hydrogen) atoms. The maximum absolute atomic E-state index is 11.9. The molecule has 0 aromatic carbocycles. The number of ether oxygens (including phenoxy) is 1. The van der Waals surface area contributed by atoms with Crippen LogP contribution < -0.4 is 5.69 Å². The fourth-order valence-corrected chi connectivity index (χ4v) is 2.34. The summed E-state index contributed by atoms with van der Waals surface area (Å²) in [5, 5.41) is 3.97. The van der Waals surface area contributed by atoms with E-state index in [1.165, 1.54) is 4.57 Å². The summed E-state index contributed by atoms with van der Waals surface area (Å²) in [6.07, 6.45) is 0.907. The number of aromatic nitrogens is 4. The number of aryl methyl sites for hydroxylation is 2. The molecule has 3 rings (SSSR count). The highest BCUT2D eigenvalue weighted by Gasteiger charge is 2.23. The van der Waals surface area contributed by atoms with Gasteiger partial charge in [0.05, 0.1) is 6.61 Å². The van der Waals surface area contributed by atoms with Gasteiger partial charge in [0.1, 0.15) is 6.54 Å². The van der Waals surface area contributed by atoms with Crippen molar-refractivity contribution in [3.63, 3.8) is 0 Å². The van der Waals surface area contributed by atoms with Gasteiger partial charge in [-0.05, 0) is 26.3 Å². The first-order valence-corrected chi connectivity index (χ1v) is 6.59. The lowest BCUT2D eigenvalue weighted by atomic mass is 10.1. The highest BCUT2D eigenvalue weighted by molar-refractivity contribution is 5.08. The molecule has 1 atom stereocenters. The first-order valence-electron chi connectivity index (χ1n) is 6.59. The normalized spacial score (nSPS) is 18.6. The molecule has 1 aliphatic rings. The number of nitrogens with zero attached hydrogens (tertiary/aromatic N) is 4. The van der Waals surface area contributed by atoms with E-state index in [1.54, 1.807) is 6.92 Å². The monoisotopic (exact) mass is 276 g/mol. The van der Waals surface area contributed by atoms with Crippen LogP contribution in [0.2, 0.25) is 0 Å². The minimum atomic E-state index is -0.300. The topological polar surface area (TPSA) is 83.0 Å². The van der Waals surface area contributed by atoms with Crippen LogP contribution in [0.3, 0.4) is 0 Å². The smallest absolute Gasteiger partial charge is 0.348 e. The van der Waals surface area contributed by atoms with E-state index in [0.717, 1.165) is 18.7 Å². The van der Waals surface area contributed by atoms with Crippen LogP contribution in [0.25, 0.3) is 0 Å². The van der Waals surface area contributed by atoms with Gasteiger partial charge in [-0.2, -0.15) is 9.97 Å². The highest BCUT2D eigenvalue weighted by atomic mass is 16.5. The predicted molar refractivity (Wildman–Crippen MR) is 69.5 cm³/mol. The van der Waals surface area contributed by atoms with Gasteiger partial charge in [-0.25, -0.2) is 4.79 Å². The Bertz CT molecular complexity index is 670. The number of hydrogen-bond donors (Lipinski definition) is 0. The number of rotatable bonds is 3. The van der Waals surface area contributed by atoms with Crippen molar-refractivity contribution in [1.82, 2.24) is 19.7 Å². The first kappa shape index (κ1) is 13.0. The largest absolute Gasteiger partial charge is 0.381 e. The molecule has 7 nitrogen and oxygen atoms in total. The predicted octanol–water partition coefficient (Wildman–Crippen LogP) is 0.795. The van der Waals surface area contributed by atoms with Crippen LogP contribution in [-0.2, 0) is 11.3 Å². The van der Waals surface area contributed by atoms with Crippen LogP contribution >= 0.6 is 0 Å². The lowest BCUT2D eigenvalue weighted by Crippen LogP contribution is -2.26. The fourth-order valence-electron chi connectivity index (χ4n) is 2.34. The van der Waals surface area contributed by atoms with Crippen molar-refractivity contribution in [2.24, 2.45) is 0 Å². The molecule has 1 aliphatic heterocycles. The Morgan fingerprint density at radius 2 is 2.25 bits per heavy atom. The summed E-state index contributed by atoms with van der Waals surface area (Å²) in [4.78, 5) is 20.1. The van der Waals surface area contributed by atoms with Crippen LogP contribution in [0, 0.1) is 13.8 Å². The molecule has 3 heterocycles. The van der Waals surface area contributed by atoms with Crippen LogP contribution in [-0.4, -0.2) is 32.9 Å². The van der Waals surface area contributed by atoms with Crippen molar-refractivity contribution in [3.05, 3.63) is 39.7 Å². The highest BCUT2D eigenvalue weighted by Crippen LogP contribution is 2.22. The molecule has 0 spiro atoms. The molecule has 0 saturated carbocycles. The van der Waals surface area contributed by atoms with Gasteiger partial charge in [0.25, 0.3) is 0 Å². The van der Waals surface area contributed by atoms with Crippen molar-refractivity contribution in [3.8, 4) is 0 Å². The lowest BCUT2D eigenvalue weighted by Gasteiger charge is -2.06. The van der Waals surface area contributed by atoms with Crippen LogP contribution in [0.15, 0.2) is 15.4 Å². The quantitative estimate of drug-likeness (QED) is 0.824. The molecule has 1 saturated heterocycles. The molecule has 0 N–H and O–H groups in total. The summed E-state index contributed by atoms with van der Waals surface area (Å²) < 4.78 is 12.0. The summed E-state index contributed by atoms with van der Waals surface area (Å²) >= 11 is 0. The summed E-state index contributed by atoms with van der Waals surface area (Å²) in [6.45, 7) is 5.26. The molecular weight excluding hydrogens is 260 g/mol. The van der Waals surface area contributed by atoms with Crippen LogP contribution in [0.4, 0.5) is 0 Å². The minimum absolute atomic E-state index is 0.196. The van der Waals surface area contributed by atoms with Crippen molar-refractivity contribution in [2.45, 2.75) is 32.7 Å². The Morgan fingerprint density at radius 3 is 2.95 bits per heavy atom. The van der Waals surface area contributed by atoms with E-state index in [4.69, 9.17) is 9.26 Å². The average molecular weight is 276 g/mol. The lowest BCUT2D eigenvalue weighted by molar-refractivity contribution is 0.192. The van der Waals surface area contributed by atoms with Crippen molar-refractivity contribution in [2.75, 3.05) is 13.2 Å². The molecule has 0 amide bonds. The molecule has 0 aliphatic carbocycles. The van der Waals surface area contributed by atoms with Crippen LogP contribution in [0.1, 0.15) is 35.4 Å². The summed E-state index contributed by atoms with van der Waals surface area (Å²) in [5.74, 6) is 1.27. The zero-order valence-corrected chi connectivity index (χ0v) is 11.5. The Balaban J connectivity index is 1.83. The Kier molecular flexibility index (Phi) is 3.35. The maximum atomic E-state index is 11.9. The van der Waals surface area contributed by atoms with Gasteiger partial charge in [0.15, 0.2) is 5.82 Å². The molecule has 7 heteroatoms. The summed E-state index contributed by atoms with van der Waals surface area (Å²) in [6, 6.07) is 1.85. The SMILES string of the molecule is Cc1cc(C)n(Cc2nc([C@H]3CCOC3)no2)c(=O)n1. The van der Waals surface area contributed by atoms with Crippen LogP contribution in [0.5, 0.6) is 0 Å². The first-order chi connectivity index (χ1) is 9.63. The van der Waals surface area contributed by atoms with Gasteiger partial charge in [0, 0.05) is 23.9 Å². The van der Waals surface area contributed by atoms with Crippen molar-refractivity contribution in [1.29, 1.82) is 0 Å². The zero-order chi connectivity index (χ0) is 14.1. The average Bonchev–Trinajstić information content (AvgIpc) is 3.04. The van der Waals surface area contributed by atoms with E-state index < -0.39 is 0 Å². The Hall–Kier alpha value is -2.02. The standard InChI is InChI=1S/C13H16N4O3/c1-8-5-9(2)17(13(18)14-8)6-11-15-12(16-20-11)10-3-4-19-7-10/h5,10H,3-4,6-7H2,1-2H3/t10-/m0/s1. The molecule has 2 aromatic rings. The van der Waals surface area contributed by atoms with E-state index in [-0.39, 0.29) is 18.2 Å². The second-order valence-electron chi connectivity index (χ2n) is 5.01. The zero-order valence-electron chi connectivity index (χ0n) is 11.5. The Morgan fingerprint density at radius 1 is 1.40 bits per heavy atom. The second-order valence-corrected chi connectivity index (χ2v) is 5.01. The molecule has 0 bridgehead atoms. The van der Waals surface area contributed by atoms with E-state index >= 15 is 0 Å². The van der Waals surface area contributed by atoms with Gasteiger partial charge in [-0.3, -0.25) is 4.57 Å². The molecular formula is C13H16N4O3. The van der Waals surface area contributed by atoms with E-state index in [2.05, 4.69) is 15.1 Å². The third kappa shape index (κ3) is 2.49. The van der Waals surface area contributed by atoms with E-state index in [9.17, 15) is 4.79 Å². The summed E-state index contributed by atoms with van der Waals surface area (Å²) in [7, 11) is 0. The number of hydrogen-bond acceptors (Lipinski definition) is 6. The third-order valence-corrected chi connectivity index (χ3v) is 3.42. The minimum Gasteiger partial charge on any atom is -0.381 e. The van der Waals surface area contributed by atoms with Gasteiger partial charge < -0.3 is 9.26 Å². The molecule has 0 unspecified atom stereocenters. The van der Waals surface area contributed by atoms with E-state index in [0.29, 0.717) is 24.0 Å². The van der Waals surface area contributed by atoms with Crippen molar-refractivity contribution < 1.29 is 9.26 Å². The molecule has 106 valence electrons. The van der Waals surface area contributed by atoms with Gasteiger partial charge in [-0.1, -0.05) is 5.16 Å². The second kappa shape index (κ2) is 5.16. The fraction of sp³-hybridized carbons (Fsp3) is 0.538. The third-order valence-electron chi connectivity index (χ3n) is 3.42. The molecule has 0 radical (unpaired) electrons. The maximum Gasteiger partial charge on any atom is 0.348 e. The molecule has 2 aromatic heterocycles. The van der Waals surface area contributed by atoms with E-state index in [1.807, 2.05) is 13.0 Å². The molecule has 1 fully saturated rings. The Labute approximate surface area is 115 Å². The summed E-state index contributed by atoms with van der Waals surface area (Å²) in [5.41, 5.74) is 1.23. The van der Waals surface area contributed by atoms with Gasteiger partial charge >= 0.3 is 5.69 Å².